The molecule has 0 spiro atoms. The van der Waals surface area contributed by atoms with Crippen LogP contribution in [0.4, 0.5) is 4.39 Å². The normalized spacial score (nSPS) is 14.5. The van der Waals surface area contributed by atoms with Crippen LogP contribution in [0.2, 0.25) is 5.02 Å². The summed E-state index contributed by atoms with van der Waals surface area (Å²) in [6.07, 6.45) is 2.15. The van der Waals surface area contributed by atoms with E-state index in [1.807, 2.05) is 0 Å². The van der Waals surface area contributed by atoms with Gasteiger partial charge in [0.15, 0.2) is 0 Å². The maximum absolute atomic E-state index is 12.9. The summed E-state index contributed by atoms with van der Waals surface area (Å²) in [4.78, 5) is 0. The van der Waals surface area contributed by atoms with Crippen molar-refractivity contribution in [1.29, 1.82) is 0 Å². The van der Waals surface area contributed by atoms with E-state index in [-0.39, 0.29) is 5.82 Å². The molecule has 1 unspecified atom stereocenters. The maximum Gasteiger partial charge on any atom is 0.124 e. The molecule has 0 aliphatic carbocycles. The molecule has 4 heteroatoms. The Morgan fingerprint density at radius 1 is 1.39 bits per heavy atom. The second-order valence-electron chi connectivity index (χ2n) is 4.91. The standard InChI is InChI=1S/C14H21ClFNO/c1-3-7-17-8-6-14(2,18)10-11-4-5-12(16)9-13(11)15/h4-5,9,17-18H,3,6-8,10H2,1-2H3. The van der Waals surface area contributed by atoms with Crippen LogP contribution in [0.25, 0.3) is 0 Å². The lowest BCUT2D eigenvalue weighted by molar-refractivity contribution is 0.0516. The van der Waals surface area contributed by atoms with Gasteiger partial charge in [-0.05, 0) is 50.6 Å². The Balaban J connectivity index is 2.53. The third-order valence-corrected chi connectivity index (χ3v) is 3.21. The number of nitrogens with one attached hydrogen (secondary N) is 1. The van der Waals surface area contributed by atoms with Gasteiger partial charge in [0, 0.05) is 11.4 Å². The summed E-state index contributed by atoms with van der Waals surface area (Å²) in [5, 5.41) is 13.9. The third-order valence-electron chi connectivity index (χ3n) is 2.85. The molecule has 18 heavy (non-hydrogen) atoms. The first kappa shape index (κ1) is 15.4. The van der Waals surface area contributed by atoms with E-state index in [1.165, 1.54) is 12.1 Å². The highest BCUT2D eigenvalue weighted by molar-refractivity contribution is 6.31. The Kier molecular flexibility index (Phi) is 6.06. The van der Waals surface area contributed by atoms with Gasteiger partial charge in [-0.15, -0.1) is 0 Å². The van der Waals surface area contributed by atoms with Crippen molar-refractivity contribution in [2.24, 2.45) is 0 Å². The summed E-state index contributed by atoms with van der Waals surface area (Å²) < 4.78 is 12.9. The summed E-state index contributed by atoms with van der Waals surface area (Å²) >= 11 is 5.95. The lowest BCUT2D eigenvalue weighted by Gasteiger charge is -2.24. The molecule has 102 valence electrons. The van der Waals surface area contributed by atoms with Crippen molar-refractivity contribution in [3.8, 4) is 0 Å². The minimum absolute atomic E-state index is 0.354. The van der Waals surface area contributed by atoms with Crippen molar-refractivity contribution in [2.75, 3.05) is 13.1 Å². The number of aliphatic hydroxyl groups is 1. The number of rotatable bonds is 7. The fourth-order valence-electron chi connectivity index (χ4n) is 1.82. The van der Waals surface area contributed by atoms with E-state index in [0.29, 0.717) is 17.9 Å². The minimum Gasteiger partial charge on any atom is -0.390 e. The molecule has 0 bridgehead atoms. The molecule has 0 heterocycles. The van der Waals surface area contributed by atoms with E-state index >= 15 is 0 Å². The highest BCUT2D eigenvalue weighted by Crippen LogP contribution is 2.23. The topological polar surface area (TPSA) is 32.3 Å². The number of benzene rings is 1. The van der Waals surface area contributed by atoms with Crippen LogP contribution in [0.15, 0.2) is 18.2 Å². The smallest absolute Gasteiger partial charge is 0.124 e. The Labute approximate surface area is 113 Å². The second-order valence-corrected chi connectivity index (χ2v) is 5.32. The minimum atomic E-state index is -0.831. The molecular formula is C14H21ClFNO. The van der Waals surface area contributed by atoms with E-state index in [4.69, 9.17) is 11.6 Å². The van der Waals surface area contributed by atoms with Crippen LogP contribution in [0, 0.1) is 5.82 Å². The first-order valence-corrected chi connectivity index (χ1v) is 6.69. The largest absolute Gasteiger partial charge is 0.390 e. The fraction of sp³-hybridized carbons (Fsp3) is 0.571. The van der Waals surface area contributed by atoms with Crippen molar-refractivity contribution in [2.45, 2.75) is 38.7 Å². The fourth-order valence-corrected chi connectivity index (χ4v) is 2.06. The molecular weight excluding hydrogens is 253 g/mol. The predicted octanol–water partition coefficient (Wildman–Crippen LogP) is 3.16. The Morgan fingerprint density at radius 3 is 2.72 bits per heavy atom. The van der Waals surface area contributed by atoms with Crippen molar-refractivity contribution in [3.63, 3.8) is 0 Å². The van der Waals surface area contributed by atoms with Crippen LogP contribution in [-0.4, -0.2) is 23.8 Å². The number of hydrogen-bond donors (Lipinski definition) is 2. The summed E-state index contributed by atoms with van der Waals surface area (Å²) in [5.41, 5.74) is -0.0547. The first-order valence-electron chi connectivity index (χ1n) is 6.31. The van der Waals surface area contributed by atoms with E-state index in [1.54, 1.807) is 13.0 Å². The molecule has 0 amide bonds. The number of hydrogen-bond acceptors (Lipinski definition) is 2. The van der Waals surface area contributed by atoms with Crippen LogP contribution in [0.1, 0.15) is 32.3 Å². The maximum atomic E-state index is 12.9. The average molecular weight is 274 g/mol. The molecule has 2 N–H and O–H groups in total. The van der Waals surface area contributed by atoms with E-state index in [2.05, 4.69) is 12.2 Å². The highest BCUT2D eigenvalue weighted by Gasteiger charge is 2.21. The molecule has 1 atom stereocenters. The van der Waals surface area contributed by atoms with Crippen molar-refractivity contribution in [3.05, 3.63) is 34.6 Å². The molecule has 1 aromatic carbocycles. The summed E-state index contributed by atoms with van der Waals surface area (Å²) in [6, 6.07) is 4.28. The van der Waals surface area contributed by atoms with E-state index < -0.39 is 5.60 Å². The Bertz CT molecular complexity index is 382. The molecule has 0 aromatic heterocycles. The first-order chi connectivity index (χ1) is 8.44. The van der Waals surface area contributed by atoms with Gasteiger partial charge in [0.2, 0.25) is 0 Å². The van der Waals surface area contributed by atoms with Gasteiger partial charge < -0.3 is 10.4 Å². The quantitative estimate of drug-likeness (QED) is 0.748. The Morgan fingerprint density at radius 2 is 2.11 bits per heavy atom. The van der Waals surface area contributed by atoms with Gasteiger partial charge in [-0.2, -0.15) is 0 Å². The summed E-state index contributed by atoms with van der Waals surface area (Å²) in [5.74, 6) is -0.354. The summed E-state index contributed by atoms with van der Waals surface area (Å²) in [6.45, 7) is 5.59. The van der Waals surface area contributed by atoms with Gasteiger partial charge in [-0.3, -0.25) is 0 Å². The lowest BCUT2D eigenvalue weighted by atomic mass is 9.93. The summed E-state index contributed by atoms with van der Waals surface area (Å²) in [7, 11) is 0. The van der Waals surface area contributed by atoms with E-state index in [9.17, 15) is 9.50 Å². The monoisotopic (exact) mass is 273 g/mol. The number of halogens is 2. The molecule has 0 radical (unpaired) electrons. The molecule has 0 saturated carbocycles. The predicted molar refractivity (Wildman–Crippen MR) is 73.5 cm³/mol. The zero-order valence-electron chi connectivity index (χ0n) is 11.0. The van der Waals surface area contributed by atoms with Crippen LogP contribution >= 0.6 is 11.6 Å². The van der Waals surface area contributed by atoms with Gasteiger partial charge in [-0.25, -0.2) is 4.39 Å². The van der Waals surface area contributed by atoms with Gasteiger partial charge in [0.1, 0.15) is 5.82 Å². The average Bonchev–Trinajstić information content (AvgIpc) is 2.28. The molecule has 0 fully saturated rings. The van der Waals surface area contributed by atoms with Gasteiger partial charge >= 0.3 is 0 Å². The van der Waals surface area contributed by atoms with E-state index in [0.717, 1.165) is 25.1 Å². The van der Waals surface area contributed by atoms with Crippen molar-refractivity contribution < 1.29 is 9.50 Å². The molecule has 1 rings (SSSR count). The SMILES string of the molecule is CCCNCCC(C)(O)Cc1ccc(F)cc1Cl. The molecule has 0 saturated heterocycles. The van der Waals surface area contributed by atoms with Crippen LogP contribution < -0.4 is 5.32 Å². The van der Waals surface area contributed by atoms with Gasteiger partial charge in [0.25, 0.3) is 0 Å². The van der Waals surface area contributed by atoms with Gasteiger partial charge in [-0.1, -0.05) is 24.6 Å². The second kappa shape index (κ2) is 7.07. The van der Waals surface area contributed by atoms with Crippen LogP contribution in [0.3, 0.4) is 0 Å². The molecule has 0 aliphatic rings. The zero-order chi connectivity index (χ0) is 13.6. The molecule has 1 aromatic rings. The Hall–Kier alpha value is -0.640. The molecule has 2 nitrogen and oxygen atoms in total. The molecule has 0 aliphatic heterocycles. The van der Waals surface area contributed by atoms with Gasteiger partial charge in [0.05, 0.1) is 5.60 Å². The highest BCUT2D eigenvalue weighted by atomic mass is 35.5. The van der Waals surface area contributed by atoms with Crippen molar-refractivity contribution in [1.82, 2.24) is 5.32 Å². The van der Waals surface area contributed by atoms with Crippen LogP contribution in [-0.2, 0) is 6.42 Å². The third kappa shape index (κ3) is 5.34. The van der Waals surface area contributed by atoms with Crippen LogP contribution in [0.5, 0.6) is 0 Å². The lowest BCUT2D eigenvalue weighted by Crippen LogP contribution is -2.32. The van der Waals surface area contributed by atoms with Crippen molar-refractivity contribution >= 4 is 11.6 Å². The zero-order valence-corrected chi connectivity index (χ0v) is 11.7.